The Labute approximate surface area is 223 Å². The first-order valence-corrected chi connectivity index (χ1v) is 13.7. The number of fused-ring (bicyclic) bond motifs is 1. The van der Waals surface area contributed by atoms with Gasteiger partial charge in [-0.15, -0.1) is 0 Å². The van der Waals surface area contributed by atoms with Gasteiger partial charge in [-0.3, -0.25) is 19.1 Å². The molecule has 1 fully saturated rings. The van der Waals surface area contributed by atoms with E-state index < -0.39 is 0 Å². The zero-order valence-electron chi connectivity index (χ0n) is 19.6. The summed E-state index contributed by atoms with van der Waals surface area (Å²) < 4.78 is 2.14. The van der Waals surface area contributed by atoms with E-state index >= 15 is 0 Å². The van der Waals surface area contributed by atoms with E-state index in [2.05, 4.69) is 12.1 Å². The molecule has 36 heavy (non-hydrogen) atoms. The lowest BCUT2D eigenvalue weighted by molar-refractivity contribution is -0.122. The summed E-state index contributed by atoms with van der Waals surface area (Å²) in [5.74, 6) is 0.430. The molecule has 4 aromatic rings. The van der Waals surface area contributed by atoms with Crippen molar-refractivity contribution >= 4 is 69.0 Å². The molecule has 0 unspecified atom stereocenters. The summed E-state index contributed by atoms with van der Waals surface area (Å²) in [5, 5.41) is 0.648. The zero-order chi connectivity index (χ0) is 25.1. The molecule has 180 valence electrons. The maximum absolute atomic E-state index is 13.4. The highest BCUT2D eigenvalue weighted by Gasteiger charge is 2.32. The van der Waals surface area contributed by atoms with E-state index in [1.54, 1.807) is 4.57 Å². The molecule has 0 N–H and O–H groups in total. The fourth-order valence-corrected chi connectivity index (χ4v) is 6.18. The van der Waals surface area contributed by atoms with Crippen LogP contribution in [0.15, 0.2) is 88.9 Å². The highest BCUT2D eigenvalue weighted by atomic mass is 32.2. The molecule has 5 nitrogen and oxygen atoms in total. The van der Waals surface area contributed by atoms with Crippen molar-refractivity contribution in [2.45, 2.75) is 24.3 Å². The summed E-state index contributed by atoms with van der Waals surface area (Å²) in [7, 11) is 0. The van der Waals surface area contributed by atoms with E-state index in [-0.39, 0.29) is 24.8 Å². The lowest BCUT2D eigenvalue weighted by Gasteiger charge is -2.15. The van der Waals surface area contributed by atoms with Crippen molar-refractivity contribution in [3.8, 4) is 0 Å². The van der Waals surface area contributed by atoms with Crippen LogP contribution in [0.1, 0.15) is 27.9 Å². The molecule has 1 aliphatic rings. The van der Waals surface area contributed by atoms with Gasteiger partial charge in [0.05, 0.1) is 15.9 Å². The summed E-state index contributed by atoms with van der Waals surface area (Å²) in [5.41, 5.74) is 4.80. The molecule has 8 heteroatoms. The molecule has 0 radical (unpaired) electrons. The Hall–Kier alpha value is -3.20. The number of rotatable bonds is 7. The van der Waals surface area contributed by atoms with Crippen molar-refractivity contribution in [1.82, 2.24) is 14.5 Å². The number of aromatic nitrogens is 2. The normalized spacial score (nSPS) is 14.8. The lowest BCUT2D eigenvalue weighted by Crippen LogP contribution is -2.31. The average molecular weight is 530 g/mol. The fourth-order valence-electron chi connectivity index (χ4n) is 3.89. The van der Waals surface area contributed by atoms with Crippen LogP contribution in [-0.4, -0.2) is 37.1 Å². The minimum absolute atomic E-state index is 0.115. The quantitative estimate of drug-likeness (QED) is 0.153. The molecule has 0 bridgehead atoms. The maximum Gasteiger partial charge on any atom is 0.266 e. The SMILES string of the molecule is Cc1ccc(C=C2SC(=S)N(CCC(=O)n3c(SCc4ccccc4)nc4ccccc43)C2=O)cc1. The molecule has 2 heterocycles. The van der Waals surface area contributed by atoms with Crippen LogP contribution in [0.3, 0.4) is 0 Å². The number of nitrogens with zero attached hydrogens (tertiary/aromatic N) is 3. The van der Waals surface area contributed by atoms with Crippen LogP contribution in [0, 0.1) is 6.92 Å². The van der Waals surface area contributed by atoms with Gasteiger partial charge in [0.25, 0.3) is 5.91 Å². The largest absolute Gasteiger partial charge is 0.292 e. The third kappa shape index (κ3) is 5.31. The number of amides is 1. The van der Waals surface area contributed by atoms with Crippen molar-refractivity contribution < 1.29 is 9.59 Å². The Kier molecular flexibility index (Phi) is 7.36. The van der Waals surface area contributed by atoms with E-state index in [0.717, 1.165) is 27.7 Å². The molecular formula is C28H23N3O2S3. The molecule has 0 atom stereocenters. The monoisotopic (exact) mass is 529 g/mol. The van der Waals surface area contributed by atoms with Crippen LogP contribution in [0.25, 0.3) is 17.1 Å². The number of hydrogen-bond donors (Lipinski definition) is 0. The van der Waals surface area contributed by atoms with Gasteiger partial charge in [0.1, 0.15) is 4.32 Å². The zero-order valence-corrected chi connectivity index (χ0v) is 22.0. The number of aryl methyl sites for hydroxylation is 1. The van der Waals surface area contributed by atoms with Gasteiger partial charge in [-0.2, -0.15) is 0 Å². The molecule has 1 amide bonds. The minimum atomic E-state index is -0.160. The Balaban J connectivity index is 1.32. The number of hydrogen-bond acceptors (Lipinski definition) is 6. The fraction of sp³-hybridized carbons (Fsp3) is 0.143. The Morgan fingerprint density at radius 3 is 2.53 bits per heavy atom. The van der Waals surface area contributed by atoms with Crippen LogP contribution in [-0.2, 0) is 10.5 Å². The third-order valence-corrected chi connectivity index (χ3v) is 8.18. The second-order valence-corrected chi connectivity index (χ2v) is 11.0. The highest BCUT2D eigenvalue weighted by molar-refractivity contribution is 8.26. The predicted octanol–water partition coefficient (Wildman–Crippen LogP) is 6.57. The number of thioether (sulfide) groups is 2. The first-order valence-electron chi connectivity index (χ1n) is 11.5. The average Bonchev–Trinajstić information content (AvgIpc) is 3.39. The van der Waals surface area contributed by atoms with Gasteiger partial charge in [-0.05, 0) is 36.3 Å². The number of benzene rings is 3. The van der Waals surface area contributed by atoms with Crippen LogP contribution >= 0.6 is 35.7 Å². The molecule has 0 saturated carbocycles. The Bertz CT molecular complexity index is 1480. The summed E-state index contributed by atoms with van der Waals surface area (Å²) in [6.07, 6.45) is 1.99. The van der Waals surface area contributed by atoms with E-state index in [1.165, 1.54) is 28.4 Å². The Morgan fingerprint density at radius 1 is 1.03 bits per heavy atom. The van der Waals surface area contributed by atoms with Crippen LogP contribution in [0.2, 0.25) is 0 Å². The summed E-state index contributed by atoms with van der Waals surface area (Å²) in [6, 6.07) is 25.7. The highest BCUT2D eigenvalue weighted by Crippen LogP contribution is 2.33. The maximum atomic E-state index is 13.4. The van der Waals surface area contributed by atoms with Gasteiger partial charge in [-0.25, -0.2) is 4.98 Å². The van der Waals surface area contributed by atoms with E-state index in [4.69, 9.17) is 17.2 Å². The van der Waals surface area contributed by atoms with Gasteiger partial charge < -0.3 is 0 Å². The molecule has 1 aliphatic heterocycles. The van der Waals surface area contributed by atoms with E-state index in [0.29, 0.717) is 20.1 Å². The van der Waals surface area contributed by atoms with E-state index in [1.807, 2.05) is 79.7 Å². The van der Waals surface area contributed by atoms with Crippen LogP contribution < -0.4 is 0 Å². The second-order valence-electron chi connectivity index (χ2n) is 8.38. The summed E-state index contributed by atoms with van der Waals surface area (Å²) >= 11 is 8.28. The van der Waals surface area contributed by atoms with Gasteiger partial charge in [-0.1, -0.05) is 108 Å². The number of carbonyl (C=O) groups is 2. The van der Waals surface area contributed by atoms with Gasteiger partial charge in [0.2, 0.25) is 5.91 Å². The third-order valence-electron chi connectivity index (χ3n) is 5.79. The van der Waals surface area contributed by atoms with E-state index in [9.17, 15) is 9.59 Å². The standard InChI is InChI=1S/C28H23N3O2S3/c1-19-11-13-20(14-12-19)17-24-26(33)30(28(34)36-24)16-15-25(32)31-23-10-6-5-9-22(23)29-27(31)35-18-21-7-3-2-4-8-21/h2-14,17H,15-16,18H2,1H3. The van der Waals surface area contributed by atoms with Gasteiger partial charge >= 0.3 is 0 Å². The number of carbonyl (C=O) groups excluding carboxylic acids is 2. The molecule has 0 spiro atoms. The number of thiocarbonyl (C=S) groups is 1. The van der Waals surface area contributed by atoms with Crippen molar-refractivity contribution in [3.63, 3.8) is 0 Å². The summed E-state index contributed by atoms with van der Waals surface area (Å²) in [4.78, 5) is 33.3. The van der Waals surface area contributed by atoms with Crippen LogP contribution in [0.4, 0.5) is 0 Å². The molecule has 0 aliphatic carbocycles. The smallest absolute Gasteiger partial charge is 0.266 e. The number of imidazole rings is 1. The number of para-hydroxylation sites is 2. The molecule has 5 rings (SSSR count). The molecule has 1 saturated heterocycles. The first-order chi connectivity index (χ1) is 17.5. The van der Waals surface area contributed by atoms with Gasteiger partial charge in [0, 0.05) is 18.7 Å². The van der Waals surface area contributed by atoms with Gasteiger partial charge in [0.15, 0.2) is 5.16 Å². The second kappa shape index (κ2) is 10.8. The predicted molar refractivity (Wildman–Crippen MR) is 152 cm³/mol. The summed E-state index contributed by atoms with van der Waals surface area (Å²) in [6.45, 7) is 2.25. The molecule has 3 aromatic carbocycles. The first kappa shape index (κ1) is 24.5. The lowest BCUT2D eigenvalue weighted by atomic mass is 10.1. The molecule has 1 aromatic heterocycles. The van der Waals surface area contributed by atoms with Crippen molar-refractivity contribution in [2.24, 2.45) is 0 Å². The Morgan fingerprint density at radius 2 is 1.75 bits per heavy atom. The topological polar surface area (TPSA) is 55.2 Å². The molecular weight excluding hydrogens is 507 g/mol. The van der Waals surface area contributed by atoms with Crippen molar-refractivity contribution in [2.75, 3.05) is 6.54 Å². The van der Waals surface area contributed by atoms with Crippen molar-refractivity contribution in [1.29, 1.82) is 0 Å². The van der Waals surface area contributed by atoms with Crippen LogP contribution in [0.5, 0.6) is 0 Å². The minimum Gasteiger partial charge on any atom is -0.292 e. The van der Waals surface area contributed by atoms with Crippen molar-refractivity contribution in [3.05, 3.63) is 100 Å².